The molecule has 0 saturated heterocycles. The Morgan fingerprint density at radius 1 is 1.46 bits per heavy atom. The van der Waals surface area contributed by atoms with Gasteiger partial charge in [-0.1, -0.05) is 13.0 Å². The average molecular weight is 195 g/mol. The number of nitrogens with zero attached hydrogens (tertiary/aromatic N) is 1. The smallest absolute Gasteiger partial charge is 0.0924 e. The lowest BCUT2D eigenvalue weighted by atomic mass is 10.1. The molecule has 0 amide bonds. The minimum absolute atomic E-state index is 0.490. The normalized spacial score (nSPS) is 10.9. The Kier molecular flexibility index (Phi) is 2.23. The van der Waals surface area contributed by atoms with E-state index in [0.29, 0.717) is 5.88 Å². The molecule has 0 atom stereocenters. The number of hydrogen-bond donors (Lipinski definition) is 1. The molecule has 0 bridgehead atoms. The first-order chi connectivity index (χ1) is 6.35. The van der Waals surface area contributed by atoms with Crippen molar-refractivity contribution in [1.29, 1.82) is 0 Å². The standard InChI is InChI=1S/C10H11ClN2/c1-2-7-3-4-9-8(5-7)10(6-11)13-12-9/h3-5H,2,6H2,1H3,(H,12,13). The minimum Gasteiger partial charge on any atom is -0.280 e. The molecule has 0 spiro atoms. The molecule has 0 aliphatic rings. The van der Waals surface area contributed by atoms with E-state index < -0.39 is 0 Å². The molecule has 1 N–H and O–H groups in total. The molecule has 0 aliphatic heterocycles. The van der Waals surface area contributed by atoms with E-state index in [4.69, 9.17) is 11.6 Å². The summed E-state index contributed by atoms with van der Waals surface area (Å²) in [5.41, 5.74) is 3.32. The highest BCUT2D eigenvalue weighted by molar-refractivity contribution is 6.17. The second-order valence-electron chi connectivity index (χ2n) is 3.04. The first-order valence-corrected chi connectivity index (χ1v) is 4.90. The maximum absolute atomic E-state index is 5.77. The van der Waals surface area contributed by atoms with Crippen molar-refractivity contribution in [2.45, 2.75) is 19.2 Å². The highest BCUT2D eigenvalue weighted by Gasteiger charge is 2.03. The maximum atomic E-state index is 5.77. The quantitative estimate of drug-likeness (QED) is 0.732. The molecule has 0 unspecified atom stereocenters. The van der Waals surface area contributed by atoms with Crippen LogP contribution < -0.4 is 0 Å². The van der Waals surface area contributed by atoms with Crippen molar-refractivity contribution in [3.8, 4) is 0 Å². The molecule has 2 nitrogen and oxygen atoms in total. The third-order valence-electron chi connectivity index (χ3n) is 2.24. The van der Waals surface area contributed by atoms with Crippen molar-refractivity contribution in [3.63, 3.8) is 0 Å². The van der Waals surface area contributed by atoms with E-state index in [2.05, 4.69) is 29.3 Å². The summed E-state index contributed by atoms with van der Waals surface area (Å²) in [5, 5.41) is 8.24. The lowest BCUT2D eigenvalue weighted by Crippen LogP contribution is -1.80. The van der Waals surface area contributed by atoms with Crippen LogP contribution >= 0.6 is 11.6 Å². The third-order valence-corrected chi connectivity index (χ3v) is 2.51. The zero-order valence-corrected chi connectivity index (χ0v) is 8.23. The molecule has 0 saturated carbocycles. The second kappa shape index (κ2) is 3.38. The van der Waals surface area contributed by atoms with Gasteiger partial charge in [0.05, 0.1) is 17.1 Å². The van der Waals surface area contributed by atoms with Crippen LogP contribution in [-0.2, 0) is 12.3 Å². The van der Waals surface area contributed by atoms with Crippen LogP contribution in [0.2, 0.25) is 0 Å². The third kappa shape index (κ3) is 1.42. The van der Waals surface area contributed by atoms with Gasteiger partial charge in [-0.05, 0) is 24.1 Å². The fourth-order valence-electron chi connectivity index (χ4n) is 1.43. The largest absolute Gasteiger partial charge is 0.280 e. The van der Waals surface area contributed by atoms with Crippen LogP contribution in [0.15, 0.2) is 18.2 Å². The topological polar surface area (TPSA) is 28.7 Å². The van der Waals surface area contributed by atoms with E-state index in [0.717, 1.165) is 23.0 Å². The van der Waals surface area contributed by atoms with Crippen LogP contribution in [0.4, 0.5) is 0 Å². The fraction of sp³-hybridized carbons (Fsp3) is 0.300. The van der Waals surface area contributed by atoms with Gasteiger partial charge in [0.25, 0.3) is 0 Å². The van der Waals surface area contributed by atoms with Gasteiger partial charge in [0.1, 0.15) is 0 Å². The van der Waals surface area contributed by atoms with Gasteiger partial charge in [0.2, 0.25) is 0 Å². The minimum atomic E-state index is 0.490. The Labute approximate surface area is 81.9 Å². The summed E-state index contributed by atoms with van der Waals surface area (Å²) in [6.07, 6.45) is 1.04. The first kappa shape index (κ1) is 8.57. The molecule has 13 heavy (non-hydrogen) atoms. The lowest BCUT2D eigenvalue weighted by Gasteiger charge is -1.96. The van der Waals surface area contributed by atoms with E-state index >= 15 is 0 Å². The van der Waals surface area contributed by atoms with E-state index in [1.54, 1.807) is 0 Å². The van der Waals surface area contributed by atoms with Gasteiger partial charge in [0.15, 0.2) is 0 Å². The molecule has 2 rings (SSSR count). The summed E-state index contributed by atoms with van der Waals surface area (Å²) in [6.45, 7) is 2.14. The van der Waals surface area contributed by atoms with Gasteiger partial charge in [-0.2, -0.15) is 5.10 Å². The number of alkyl halides is 1. The zero-order chi connectivity index (χ0) is 9.26. The maximum Gasteiger partial charge on any atom is 0.0924 e. The summed E-state index contributed by atoms with van der Waals surface area (Å²) in [7, 11) is 0. The Morgan fingerprint density at radius 2 is 2.31 bits per heavy atom. The second-order valence-corrected chi connectivity index (χ2v) is 3.31. The van der Waals surface area contributed by atoms with Gasteiger partial charge >= 0.3 is 0 Å². The van der Waals surface area contributed by atoms with E-state index in [-0.39, 0.29) is 0 Å². The number of fused-ring (bicyclic) bond motifs is 1. The molecular formula is C10H11ClN2. The number of halogens is 1. The van der Waals surface area contributed by atoms with Gasteiger partial charge < -0.3 is 0 Å². The molecule has 0 aliphatic carbocycles. The van der Waals surface area contributed by atoms with Crippen molar-refractivity contribution in [3.05, 3.63) is 29.5 Å². The summed E-state index contributed by atoms with van der Waals surface area (Å²) < 4.78 is 0. The predicted molar refractivity (Wildman–Crippen MR) is 55.0 cm³/mol. The number of aromatic nitrogens is 2. The van der Waals surface area contributed by atoms with Gasteiger partial charge in [-0.25, -0.2) is 0 Å². The summed E-state index contributed by atoms with van der Waals surface area (Å²) in [4.78, 5) is 0. The number of H-pyrrole nitrogens is 1. The Bertz CT molecular complexity index is 420. The molecule has 2 aromatic rings. The van der Waals surface area contributed by atoms with Crippen molar-refractivity contribution in [2.24, 2.45) is 0 Å². The van der Waals surface area contributed by atoms with Gasteiger partial charge in [-0.3, -0.25) is 5.10 Å². The van der Waals surface area contributed by atoms with Gasteiger partial charge in [0, 0.05) is 5.39 Å². The summed E-state index contributed by atoms with van der Waals surface area (Å²) >= 11 is 5.77. The molecule has 1 aromatic carbocycles. The molecular weight excluding hydrogens is 184 g/mol. The Morgan fingerprint density at radius 3 is 3.00 bits per heavy atom. The number of benzene rings is 1. The van der Waals surface area contributed by atoms with Crippen LogP contribution in [0, 0.1) is 0 Å². The monoisotopic (exact) mass is 194 g/mol. The Hall–Kier alpha value is -1.02. The Balaban J connectivity index is 2.64. The number of hydrogen-bond acceptors (Lipinski definition) is 1. The van der Waals surface area contributed by atoms with E-state index in [1.807, 2.05) is 6.07 Å². The van der Waals surface area contributed by atoms with Crippen molar-refractivity contribution >= 4 is 22.5 Å². The average Bonchev–Trinajstić information content (AvgIpc) is 2.59. The summed E-state index contributed by atoms with van der Waals surface area (Å²) in [5.74, 6) is 0.490. The predicted octanol–water partition coefficient (Wildman–Crippen LogP) is 2.86. The van der Waals surface area contributed by atoms with Crippen molar-refractivity contribution in [1.82, 2.24) is 10.2 Å². The molecule has 0 radical (unpaired) electrons. The fourth-order valence-corrected chi connectivity index (χ4v) is 1.64. The highest BCUT2D eigenvalue weighted by atomic mass is 35.5. The highest BCUT2D eigenvalue weighted by Crippen LogP contribution is 2.19. The van der Waals surface area contributed by atoms with Gasteiger partial charge in [-0.15, -0.1) is 11.6 Å². The molecule has 1 heterocycles. The molecule has 0 fully saturated rings. The summed E-state index contributed by atoms with van der Waals surface area (Å²) in [6, 6.07) is 6.28. The number of aromatic amines is 1. The van der Waals surface area contributed by atoms with Crippen LogP contribution in [0.5, 0.6) is 0 Å². The SMILES string of the molecule is CCc1ccc2n[nH]c(CCl)c2c1. The lowest BCUT2D eigenvalue weighted by molar-refractivity contribution is 1.05. The molecule has 1 aromatic heterocycles. The van der Waals surface area contributed by atoms with Crippen LogP contribution in [0.1, 0.15) is 18.2 Å². The molecule has 3 heteroatoms. The van der Waals surface area contributed by atoms with E-state index in [9.17, 15) is 0 Å². The molecule has 68 valence electrons. The van der Waals surface area contributed by atoms with Crippen LogP contribution in [0.3, 0.4) is 0 Å². The van der Waals surface area contributed by atoms with Crippen LogP contribution in [-0.4, -0.2) is 10.2 Å². The first-order valence-electron chi connectivity index (χ1n) is 4.37. The number of aryl methyl sites for hydroxylation is 1. The van der Waals surface area contributed by atoms with E-state index in [1.165, 1.54) is 5.56 Å². The van der Waals surface area contributed by atoms with Crippen molar-refractivity contribution < 1.29 is 0 Å². The number of nitrogens with one attached hydrogen (secondary N) is 1. The van der Waals surface area contributed by atoms with Crippen LogP contribution in [0.25, 0.3) is 10.9 Å². The van der Waals surface area contributed by atoms with Crippen molar-refractivity contribution in [2.75, 3.05) is 0 Å². The number of rotatable bonds is 2. The zero-order valence-electron chi connectivity index (χ0n) is 7.47.